The van der Waals surface area contributed by atoms with Crippen LogP contribution in [0.5, 0.6) is 5.75 Å². The summed E-state index contributed by atoms with van der Waals surface area (Å²) < 4.78 is 5.11. The van der Waals surface area contributed by atoms with Crippen molar-refractivity contribution in [3.8, 4) is 5.75 Å². The average Bonchev–Trinajstić information content (AvgIpc) is 2.87. The first-order valence-electron chi connectivity index (χ1n) is 5.73. The number of carbonyl (C=O) groups is 2. The number of hydrogen-bond acceptors (Lipinski definition) is 4. The molecule has 6 nitrogen and oxygen atoms in total. The Morgan fingerprint density at radius 1 is 1.29 bits per heavy atom. The Kier molecular flexibility index (Phi) is 4.66. The highest BCUT2D eigenvalue weighted by molar-refractivity contribution is 7.14. The van der Waals surface area contributed by atoms with E-state index in [1.807, 2.05) is 0 Å². The molecule has 2 aromatic rings. The van der Waals surface area contributed by atoms with Gasteiger partial charge in [0.05, 0.1) is 18.4 Å². The van der Waals surface area contributed by atoms with E-state index in [1.165, 1.54) is 19.2 Å². The summed E-state index contributed by atoms with van der Waals surface area (Å²) in [6.07, 6.45) is 0. The van der Waals surface area contributed by atoms with E-state index < -0.39 is 12.0 Å². The van der Waals surface area contributed by atoms with Crippen LogP contribution in [0.4, 0.5) is 15.5 Å². The predicted molar refractivity (Wildman–Crippen MR) is 81.9 cm³/mol. The number of benzene rings is 1. The van der Waals surface area contributed by atoms with Crippen molar-refractivity contribution < 1.29 is 19.4 Å². The second-order valence-corrected chi connectivity index (χ2v) is 5.24. The second kappa shape index (κ2) is 6.47. The third-order valence-corrected chi connectivity index (χ3v) is 3.60. The second-order valence-electron chi connectivity index (χ2n) is 3.89. The van der Waals surface area contributed by atoms with Crippen LogP contribution in [0.2, 0.25) is 5.02 Å². The molecule has 1 aromatic carbocycles. The quantitative estimate of drug-likeness (QED) is 0.798. The van der Waals surface area contributed by atoms with Gasteiger partial charge in [0.2, 0.25) is 0 Å². The molecule has 3 N–H and O–H groups in total. The van der Waals surface area contributed by atoms with Crippen molar-refractivity contribution in [2.24, 2.45) is 0 Å². The van der Waals surface area contributed by atoms with Gasteiger partial charge in [-0.2, -0.15) is 0 Å². The van der Waals surface area contributed by atoms with Gasteiger partial charge in [-0.3, -0.25) is 5.32 Å². The molecule has 2 rings (SSSR count). The minimum Gasteiger partial charge on any atom is -0.495 e. The first kappa shape index (κ1) is 15.1. The van der Waals surface area contributed by atoms with Crippen LogP contribution in [0, 0.1) is 0 Å². The van der Waals surface area contributed by atoms with Crippen molar-refractivity contribution >= 4 is 45.6 Å². The highest BCUT2D eigenvalue weighted by Crippen LogP contribution is 2.28. The van der Waals surface area contributed by atoms with Crippen LogP contribution in [-0.4, -0.2) is 24.2 Å². The molecule has 0 unspecified atom stereocenters. The summed E-state index contributed by atoms with van der Waals surface area (Å²) in [5.74, 6) is -0.661. The number of urea groups is 1. The normalized spacial score (nSPS) is 10.0. The molecule has 0 aliphatic heterocycles. The zero-order valence-corrected chi connectivity index (χ0v) is 12.4. The minimum atomic E-state index is -1.10. The Hall–Kier alpha value is -2.25. The molecule has 2 amide bonds. The standard InChI is InChI=1S/C13H11ClN2O4S/c1-20-10-3-2-7(14)6-9(10)15-13(19)16-11-8(12(17)18)4-5-21-11/h2-6H,1H3,(H,17,18)(H2,15,16,19). The van der Waals surface area contributed by atoms with Crippen molar-refractivity contribution in [1.29, 1.82) is 0 Å². The lowest BCUT2D eigenvalue weighted by molar-refractivity contribution is 0.0698. The van der Waals surface area contributed by atoms with Crippen LogP contribution in [0.25, 0.3) is 0 Å². The molecular weight excluding hydrogens is 316 g/mol. The first-order chi connectivity index (χ1) is 10.0. The Labute approximate surface area is 129 Å². The molecule has 0 aliphatic rings. The molecular formula is C13H11ClN2O4S. The van der Waals surface area contributed by atoms with Crippen LogP contribution >= 0.6 is 22.9 Å². The molecule has 8 heteroatoms. The van der Waals surface area contributed by atoms with Gasteiger partial charge in [-0.05, 0) is 29.6 Å². The summed E-state index contributed by atoms with van der Waals surface area (Å²) >= 11 is 6.98. The number of amides is 2. The smallest absolute Gasteiger partial charge is 0.338 e. The van der Waals surface area contributed by atoms with E-state index in [9.17, 15) is 9.59 Å². The van der Waals surface area contributed by atoms with Gasteiger partial charge < -0.3 is 15.2 Å². The number of nitrogens with one attached hydrogen (secondary N) is 2. The van der Waals surface area contributed by atoms with Gasteiger partial charge >= 0.3 is 12.0 Å². The molecule has 0 radical (unpaired) electrons. The Morgan fingerprint density at radius 2 is 2.05 bits per heavy atom. The van der Waals surface area contributed by atoms with E-state index in [4.69, 9.17) is 21.4 Å². The number of methoxy groups -OCH3 is 1. The van der Waals surface area contributed by atoms with E-state index in [-0.39, 0.29) is 10.6 Å². The van der Waals surface area contributed by atoms with Gasteiger partial charge in [-0.25, -0.2) is 9.59 Å². The molecule has 0 bridgehead atoms. The molecule has 0 saturated carbocycles. The zero-order chi connectivity index (χ0) is 15.4. The lowest BCUT2D eigenvalue weighted by atomic mass is 10.3. The SMILES string of the molecule is COc1ccc(Cl)cc1NC(=O)Nc1sccc1C(=O)O. The summed E-state index contributed by atoms with van der Waals surface area (Å²) in [6, 6.07) is 5.62. The van der Waals surface area contributed by atoms with Crippen molar-refractivity contribution in [2.75, 3.05) is 17.7 Å². The Bertz CT molecular complexity index is 687. The van der Waals surface area contributed by atoms with E-state index >= 15 is 0 Å². The van der Waals surface area contributed by atoms with Gasteiger partial charge in [0.1, 0.15) is 10.8 Å². The molecule has 21 heavy (non-hydrogen) atoms. The number of ether oxygens (including phenoxy) is 1. The number of carboxylic acid groups (broad SMARTS) is 1. The predicted octanol–water partition coefficient (Wildman–Crippen LogP) is 3.75. The summed E-state index contributed by atoms with van der Waals surface area (Å²) in [7, 11) is 1.47. The molecule has 1 aromatic heterocycles. The summed E-state index contributed by atoms with van der Waals surface area (Å²) in [5.41, 5.74) is 0.421. The van der Waals surface area contributed by atoms with Crippen LogP contribution < -0.4 is 15.4 Å². The zero-order valence-electron chi connectivity index (χ0n) is 10.8. The maximum Gasteiger partial charge on any atom is 0.338 e. The number of carboxylic acids is 1. The molecule has 0 aliphatic carbocycles. The number of thiophene rings is 1. The van der Waals surface area contributed by atoms with Crippen LogP contribution in [0.3, 0.4) is 0 Å². The van der Waals surface area contributed by atoms with Gasteiger partial charge in [0, 0.05) is 5.02 Å². The number of aromatic carboxylic acids is 1. The third-order valence-electron chi connectivity index (χ3n) is 2.53. The van der Waals surface area contributed by atoms with Gasteiger partial charge in [0.15, 0.2) is 0 Å². The summed E-state index contributed by atoms with van der Waals surface area (Å²) in [5, 5.41) is 16.3. The van der Waals surface area contributed by atoms with Gasteiger partial charge in [-0.1, -0.05) is 11.6 Å². The number of rotatable bonds is 4. The Morgan fingerprint density at radius 3 is 2.71 bits per heavy atom. The summed E-state index contributed by atoms with van der Waals surface area (Å²) in [4.78, 5) is 22.9. The lowest BCUT2D eigenvalue weighted by Crippen LogP contribution is -2.20. The minimum absolute atomic E-state index is 0.0354. The largest absolute Gasteiger partial charge is 0.495 e. The number of carbonyl (C=O) groups excluding carboxylic acids is 1. The van der Waals surface area contributed by atoms with Crippen molar-refractivity contribution in [3.05, 3.63) is 40.2 Å². The van der Waals surface area contributed by atoms with E-state index in [0.717, 1.165) is 11.3 Å². The fourth-order valence-corrected chi connectivity index (χ4v) is 2.56. The molecule has 110 valence electrons. The average molecular weight is 327 g/mol. The number of hydrogen-bond donors (Lipinski definition) is 3. The molecule has 0 atom stereocenters. The monoisotopic (exact) mass is 326 g/mol. The molecule has 0 spiro atoms. The van der Waals surface area contributed by atoms with Crippen molar-refractivity contribution in [3.63, 3.8) is 0 Å². The maximum atomic E-state index is 11.9. The van der Waals surface area contributed by atoms with Crippen LogP contribution in [0.15, 0.2) is 29.6 Å². The topological polar surface area (TPSA) is 87.7 Å². The van der Waals surface area contributed by atoms with E-state index in [0.29, 0.717) is 16.5 Å². The van der Waals surface area contributed by atoms with Gasteiger partial charge in [-0.15, -0.1) is 11.3 Å². The fraction of sp³-hybridized carbons (Fsp3) is 0.0769. The lowest BCUT2D eigenvalue weighted by Gasteiger charge is -2.11. The summed E-state index contributed by atoms with van der Waals surface area (Å²) in [6.45, 7) is 0. The number of halogens is 1. The van der Waals surface area contributed by atoms with E-state index in [1.54, 1.807) is 17.5 Å². The highest BCUT2D eigenvalue weighted by atomic mass is 35.5. The first-order valence-corrected chi connectivity index (χ1v) is 6.99. The fourth-order valence-electron chi connectivity index (χ4n) is 1.61. The molecule has 0 saturated heterocycles. The maximum absolute atomic E-state index is 11.9. The molecule has 0 fully saturated rings. The Balaban J connectivity index is 2.13. The van der Waals surface area contributed by atoms with Crippen LogP contribution in [0.1, 0.15) is 10.4 Å². The van der Waals surface area contributed by atoms with Crippen molar-refractivity contribution in [2.45, 2.75) is 0 Å². The third kappa shape index (κ3) is 3.65. The van der Waals surface area contributed by atoms with E-state index in [2.05, 4.69) is 10.6 Å². The van der Waals surface area contributed by atoms with Crippen LogP contribution in [-0.2, 0) is 0 Å². The molecule has 1 heterocycles. The number of anilines is 2. The highest BCUT2D eigenvalue weighted by Gasteiger charge is 2.15. The van der Waals surface area contributed by atoms with Gasteiger partial charge in [0.25, 0.3) is 0 Å². The van der Waals surface area contributed by atoms with Crippen molar-refractivity contribution in [1.82, 2.24) is 0 Å².